The van der Waals surface area contributed by atoms with Crippen molar-refractivity contribution >= 4 is 35.7 Å². The molecule has 0 spiro atoms. The summed E-state index contributed by atoms with van der Waals surface area (Å²) in [6.45, 7) is 4.31. The van der Waals surface area contributed by atoms with Gasteiger partial charge in [0, 0.05) is 24.7 Å². The van der Waals surface area contributed by atoms with E-state index in [0.29, 0.717) is 0 Å². The fraction of sp³-hybridized carbons (Fsp3) is 0.394. The second kappa shape index (κ2) is 20.0. The molecule has 2 rings (SSSR count). The van der Waals surface area contributed by atoms with Crippen LogP contribution < -0.4 is 0 Å². The third-order valence-electron chi connectivity index (χ3n) is 6.15. The monoisotopic (exact) mass is 624 g/mol. The average molecular weight is 625 g/mol. The van der Waals surface area contributed by atoms with Gasteiger partial charge in [0.05, 0.1) is 26.1 Å². The molecule has 12 nitrogen and oxygen atoms in total. The van der Waals surface area contributed by atoms with Gasteiger partial charge < -0.3 is 28.7 Å². The van der Waals surface area contributed by atoms with E-state index < -0.39 is 35.7 Å². The number of carbonyl (C=O) groups excluding carboxylic acids is 6. The second-order valence-corrected chi connectivity index (χ2v) is 9.71. The number of nitrogens with zero attached hydrogens (tertiary/aromatic N) is 2. The van der Waals surface area contributed by atoms with Crippen LogP contribution in [-0.2, 0) is 60.8 Å². The lowest BCUT2D eigenvalue weighted by atomic mass is 10.2. The zero-order valence-corrected chi connectivity index (χ0v) is 25.9. The molecule has 0 radical (unpaired) electrons. The summed E-state index contributed by atoms with van der Waals surface area (Å²) in [7, 11) is 0. The molecule has 0 fully saturated rings. The average Bonchev–Trinajstić information content (AvgIpc) is 3.01. The third kappa shape index (κ3) is 14.3. The van der Waals surface area contributed by atoms with Gasteiger partial charge in [-0.15, -0.1) is 0 Å². The number of ether oxygens (including phenoxy) is 4. The zero-order valence-electron chi connectivity index (χ0n) is 25.9. The van der Waals surface area contributed by atoms with E-state index in [2.05, 4.69) is 0 Å². The molecule has 0 heterocycles. The van der Waals surface area contributed by atoms with Gasteiger partial charge in [0.15, 0.2) is 0 Å². The Hall–Kier alpha value is -5.00. The molecule has 45 heavy (non-hydrogen) atoms. The van der Waals surface area contributed by atoms with Crippen molar-refractivity contribution in [1.82, 2.24) is 9.80 Å². The SMILES string of the molecule is CCOC(=O)CN(Cc1ccccc1)C(=O)CCOC(=O)/C=C(\C)C(=O)OCCC(=O)N(CC(=O)OCC)Cc1ccccc1. The largest absolute Gasteiger partial charge is 0.465 e. The lowest BCUT2D eigenvalue weighted by Gasteiger charge is -2.22. The van der Waals surface area contributed by atoms with Gasteiger partial charge in [0.1, 0.15) is 26.3 Å². The Kier molecular flexibility index (Phi) is 16.1. The minimum Gasteiger partial charge on any atom is -0.465 e. The molecule has 0 unspecified atom stereocenters. The summed E-state index contributed by atoms with van der Waals surface area (Å²) in [6.07, 6.45) is 0.545. The first-order valence-corrected chi connectivity index (χ1v) is 14.6. The standard InChI is InChI=1S/C33H40N2O10/c1-4-42-31(39)23-34(21-26-12-8-6-9-13-26)28(36)16-18-44-30(38)20-25(3)33(41)45-19-17-29(37)35(24-32(40)43-5-2)22-27-14-10-7-11-15-27/h6-15,20H,4-5,16-19,21-24H2,1-3H3/b25-20+. The van der Waals surface area contributed by atoms with Crippen molar-refractivity contribution in [3.63, 3.8) is 0 Å². The number of rotatable bonds is 18. The maximum atomic E-state index is 12.8. The lowest BCUT2D eigenvalue weighted by molar-refractivity contribution is -0.150. The summed E-state index contributed by atoms with van der Waals surface area (Å²) in [6, 6.07) is 18.2. The second-order valence-electron chi connectivity index (χ2n) is 9.71. The molecule has 0 saturated carbocycles. The van der Waals surface area contributed by atoms with Crippen LogP contribution >= 0.6 is 0 Å². The Balaban J connectivity index is 1.84. The van der Waals surface area contributed by atoms with E-state index in [1.165, 1.54) is 16.7 Å². The summed E-state index contributed by atoms with van der Waals surface area (Å²) in [4.78, 5) is 76.9. The topological polar surface area (TPSA) is 146 Å². The summed E-state index contributed by atoms with van der Waals surface area (Å²) in [5.74, 6) is -3.65. The first kappa shape index (κ1) is 36.2. The Labute approximate surface area is 262 Å². The Morgan fingerprint density at radius 1 is 0.622 bits per heavy atom. The Morgan fingerprint density at radius 2 is 1.04 bits per heavy atom. The maximum Gasteiger partial charge on any atom is 0.333 e. The van der Waals surface area contributed by atoms with E-state index in [1.807, 2.05) is 60.7 Å². The number of amides is 2. The smallest absolute Gasteiger partial charge is 0.333 e. The van der Waals surface area contributed by atoms with Crippen molar-refractivity contribution in [2.24, 2.45) is 0 Å². The highest BCUT2D eigenvalue weighted by molar-refractivity contribution is 5.96. The molecular weight excluding hydrogens is 584 g/mol. The summed E-state index contributed by atoms with van der Waals surface area (Å²) in [5, 5.41) is 0. The predicted octanol–water partition coefficient (Wildman–Crippen LogP) is 2.98. The van der Waals surface area contributed by atoms with Crippen molar-refractivity contribution in [3.8, 4) is 0 Å². The quantitative estimate of drug-likeness (QED) is 0.138. The van der Waals surface area contributed by atoms with Crippen LogP contribution in [0, 0.1) is 0 Å². The molecule has 0 N–H and O–H groups in total. The minimum atomic E-state index is -0.864. The first-order valence-electron chi connectivity index (χ1n) is 14.6. The van der Waals surface area contributed by atoms with Crippen molar-refractivity contribution in [1.29, 1.82) is 0 Å². The normalized spacial score (nSPS) is 10.8. The number of hydrogen-bond acceptors (Lipinski definition) is 10. The van der Waals surface area contributed by atoms with Gasteiger partial charge in [-0.05, 0) is 31.9 Å². The molecule has 2 amide bonds. The van der Waals surface area contributed by atoms with Crippen molar-refractivity contribution in [3.05, 3.63) is 83.4 Å². The van der Waals surface area contributed by atoms with E-state index >= 15 is 0 Å². The highest BCUT2D eigenvalue weighted by Crippen LogP contribution is 2.09. The highest BCUT2D eigenvalue weighted by Gasteiger charge is 2.21. The number of hydrogen-bond donors (Lipinski definition) is 0. The van der Waals surface area contributed by atoms with Crippen LogP contribution in [0.1, 0.15) is 44.7 Å². The molecule has 2 aromatic rings. The van der Waals surface area contributed by atoms with Gasteiger partial charge in [-0.1, -0.05) is 60.7 Å². The van der Waals surface area contributed by atoms with Gasteiger partial charge >= 0.3 is 23.9 Å². The fourth-order valence-electron chi connectivity index (χ4n) is 3.97. The van der Waals surface area contributed by atoms with Crippen molar-refractivity contribution in [2.45, 2.75) is 46.7 Å². The van der Waals surface area contributed by atoms with Crippen LogP contribution in [0.2, 0.25) is 0 Å². The van der Waals surface area contributed by atoms with Gasteiger partial charge in [0.2, 0.25) is 11.8 Å². The lowest BCUT2D eigenvalue weighted by Crippen LogP contribution is -2.36. The molecule has 0 bridgehead atoms. The van der Waals surface area contributed by atoms with Gasteiger partial charge in [-0.3, -0.25) is 19.2 Å². The van der Waals surface area contributed by atoms with Crippen LogP contribution in [0.3, 0.4) is 0 Å². The fourth-order valence-corrected chi connectivity index (χ4v) is 3.97. The summed E-state index contributed by atoms with van der Waals surface area (Å²) >= 11 is 0. The van der Waals surface area contributed by atoms with Crippen LogP contribution in [-0.4, -0.2) is 85.0 Å². The number of carbonyl (C=O) groups is 6. The van der Waals surface area contributed by atoms with Crippen LogP contribution in [0.4, 0.5) is 0 Å². The summed E-state index contributed by atoms with van der Waals surface area (Å²) in [5.41, 5.74) is 1.56. The molecular formula is C33H40N2O10. The van der Waals surface area contributed by atoms with E-state index in [1.54, 1.807) is 13.8 Å². The van der Waals surface area contributed by atoms with E-state index in [4.69, 9.17) is 18.9 Å². The van der Waals surface area contributed by atoms with Crippen LogP contribution in [0.25, 0.3) is 0 Å². The molecule has 2 aromatic carbocycles. The number of benzene rings is 2. The van der Waals surface area contributed by atoms with E-state index in [-0.39, 0.29) is 71.0 Å². The molecule has 0 saturated heterocycles. The molecule has 0 atom stereocenters. The number of esters is 4. The van der Waals surface area contributed by atoms with Crippen LogP contribution in [0.15, 0.2) is 72.3 Å². The predicted molar refractivity (Wildman–Crippen MR) is 162 cm³/mol. The molecule has 12 heteroatoms. The van der Waals surface area contributed by atoms with E-state index in [0.717, 1.165) is 17.2 Å². The zero-order chi connectivity index (χ0) is 33.0. The first-order chi connectivity index (χ1) is 21.6. The Bertz CT molecular complexity index is 1310. The third-order valence-corrected chi connectivity index (χ3v) is 6.15. The van der Waals surface area contributed by atoms with Gasteiger partial charge in [0.25, 0.3) is 0 Å². The van der Waals surface area contributed by atoms with Gasteiger partial charge in [-0.2, -0.15) is 0 Å². The maximum absolute atomic E-state index is 12.8. The summed E-state index contributed by atoms with van der Waals surface area (Å²) < 4.78 is 20.1. The molecule has 0 aliphatic heterocycles. The molecule has 0 aliphatic carbocycles. The highest BCUT2D eigenvalue weighted by atomic mass is 16.5. The molecule has 0 aliphatic rings. The van der Waals surface area contributed by atoms with Crippen LogP contribution in [0.5, 0.6) is 0 Å². The minimum absolute atomic E-state index is 0.0699. The van der Waals surface area contributed by atoms with E-state index in [9.17, 15) is 28.8 Å². The molecule has 0 aromatic heterocycles. The van der Waals surface area contributed by atoms with Crippen molar-refractivity contribution < 1.29 is 47.7 Å². The Morgan fingerprint density at radius 3 is 1.47 bits per heavy atom. The van der Waals surface area contributed by atoms with Gasteiger partial charge in [-0.25, -0.2) is 9.59 Å². The van der Waals surface area contributed by atoms with Crippen molar-refractivity contribution in [2.75, 3.05) is 39.5 Å². The molecule has 242 valence electrons.